The molecule has 1 atom stereocenters. The molecule has 6 heteroatoms. The second kappa shape index (κ2) is 6.34. The van der Waals surface area contributed by atoms with Crippen LogP contribution in [0.4, 0.5) is 5.69 Å². The first kappa shape index (κ1) is 16.3. The minimum absolute atomic E-state index is 0.0681. The molecule has 1 saturated carbocycles. The number of rotatable bonds is 8. The molecule has 21 heavy (non-hydrogen) atoms. The molecule has 0 bridgehead atoms. The van der Waals surface area contributed by atoms with E-state index in [2.05, 4.69) is 23.9 Å². The number of hydrogen-bond acceptors (Lipinski definition) is 4. The zero-order valence-corrected chi connectivity index (χ0v) is 13.5. The molecule has 1 aromatic carbocycles. The van der Waals surface area contributed by atoms with Gasteiger partial charge in [0.1, 0.15) is 0 Å². The highest BCUT2D eigenvalue weighted by atomic mass is 32.2. The average Bonchev–Trinajstić information content (AvgIpc) is 3.23. The van der Waals surface area contributed by atoms with Gasteiger partial charge >= 0.3 is 0 Å². The molecule has 1 aromatic rings. The zero-order valence-electron chi connectivity index (χ0n) is 12.7. The lowest BCUT2D eigenvalue weighted by Crippen LogP contribution is -2.36. The fourth-order valence-corrected chi connectivity index (χ4v) is 3.51. The summed E-state index contributed by atoms with van der Waals surface area (Å²) < 4.78 is 26.9. The van der Waals surface area contributed by atoms with Gasteiger partial charge in [-0.2, -0.15) is 0 Å². The molecule has 0 spiro atoms. The summed E-state index contributed by atoms with van der Waals surface area (Å²) >= 11 is 0. The van der Waals surface area contributed by atoms with E-state index in [-0.39, 0.29) is 11.6 Å². The second-order valence-electron chi connectivity index (χ2n) is 6.00. The molecular weight excluding hydrogens is 286 g/mol. The average molecular weight is 311 g/mol. The molecular formula is C15H25N3O2S. The largest absolute Gasteiger partial charge is 0.380 e. The van der Waals surface area contributed by atoms with Crippen molar-refractivity contribution in [1.29, 1.82) is 0 Å². The Hall–Kier alpha value is -1.11. The van der Waals surface area contributed by atoms with Crippen LogP contribution in [0, 0.1) is 0 Å². The summed E-state index contributed by atoms with van der Waals surface area (Å²) in [6.45, 7) is 4.86. The first-order chi connectivity index (χ1) is 9.88. The number of nitrogens with two attached hydrogens (primary N) is 1. The maximum absolute atomic E-state index is 12.1. The molecule has 0 aliphatic heterocycles. The monoisotopic (exact) mass is 311 g/mol. The molecule has 0 heterocycles. The third-order valence-corrected chi connectivity index (χ3v) is 5.52. The predicted molar refractivity (Wildman–Crippen MR) is 85.8 cm³/mol. The van der Waals surface area contributed by atoms with Crippen LogP contribution in [0.3, 0.4) is 0 Å². The topological polar surface area (TPSA) is 84.2 Å². The number of anilines is 1. The molecule has 2 rings (SSSR count). The summed E-state index contributed by atoms with van der Waals surface area (Å²) in [4.78, 5) is 0.317. The van der Waals surface area contributed by atoms with Crippen molar-refractivity contribution in [2.75, 3.05) is 11.9 Å². The van der Waals surface area contributed by atoms with Crippen molar-refractivity contribution in [1.82, 2.24) is 4.72 Å². The van der Waals surface area contributed by atoms with Crippen LogP contribution in [0.5, 0.6) is 0 Å². The van der Waals surface area contributed by atoms with Crippen molar-refractivity contribution in [3.05, 3.63) is 24.3 Å². The van der Waals surface area contributed by atoms with Crippen LogP contribution < -0.4 is 15.8 Å². The van der Waals surface area contributed by atoms with Crippen molar-refractivity contribution in [2.24, 2.45) is 5.73 Å². The standard InChI is InChI=1S/C15H25N3O2S/c1-3-15(2,10-11-16)17-12-6-8-14(9-7-12)21(19,20)18-13-4-5-13/h6-9,13,17-18H,3-5,10-11,16H2,1-2H3. The van der Waals surface area contributed by atoms with E-state index in [1.807, 2.05) is 12.1 Å². The third-order valence-electron chi connectivity index (χ3n) is 3.99. The van der Waals surface area contributed by atoms with Gasteiger partial charge in [0, 0.05) is 17.3 Å². The summed E-state index contributed by atoms with van der Waals surface area (Å²) in [5.41, 5.74) is 6.50. The highest BCUT2D eigenvalue weighted by molar-refractivity contribution is 7.89. The molecule has 5 nitrogen and oxygen atoms in total. The Balaban J connectivity index is 2.07. The first-order valence-corrected chi connectivity index (χ1v) is 8.97. The molecule has 1 unspecified atom stereocenters. The van der Waals surface area contributed by atoms with Gasteiger partial charge in [-0.05, 0) is 63.4 Å². The van der Waals surface area contributed by atoms with Gasteiger partial charge in [0.15, 0.2) is 0 Å². The van der Waals surface area contributed by atoms with Crippen molar-refractivity contribution >= 4 is 15.7 Å². The van der Waals surface area contributed by atoms with Gasteiger partial charge in [0.25, 0.3) is 0 Å². The highest BCUT2D eigenvalue weighted by Gasteiger charge is 2.28. The van der Waals surface area contributed by atoms with Crippen LogP contribution in [-0.4, -0.2) is 26.5 Å². The van der Waals surface area contributed by atoms with Crippen LogP contribution in [0.2, 0.25) is 0 Å². The maximum atomic E-state index is 12.1. The van der Waals surface area contributed by atoms with Crippen LogP contribution >= 0.6 is 0 Å². The van der Waals surface area contributed by atoms with E-state index in [4.69, 9.17) is 5.73 Å². The summed E-state index contributed by atoms with van der Waals surface area (Å²) in [7, 11) is -3.37. The van der Waals surface area contributed by atoms with E-state index >= 15 is 0 Å². The van der Waals surface area contributed by atoms with Crippen LogP contribution in [0.15, 0.2) is 29.2 Å². The molecule has 0 aromatic heterocycles. The summed E-state index contributed by atoms with van der Waals surface area (Å²) in [6, 6.07) is 7.04. The highest BCUT2D eigenvalue weighted by Crippen LogP contribution is 2.25. The minimum atomic E-state index is -3.37. The quantitative estimate of drug-likeness (QED) is 0.686. The van der Waals surface area contributed by atoms with E-state index in [0.717, 1.165) is 31.4 Å². The molecule has 1 aliphatic rings. The lowest BCUT2D eigenvalue weighted by atomic mass is 9.94. The summed E-state index contributed by atoms with van der Waals surface area (Å²) in [6.07, 6.45) is 3.69. The predicted octanol–water partition coefficient (Wildman–Crippen LogP) is 2.06. The third kappa shape index (κ3) is 4.43. The lowest BCUT2D eigenvalue weighted by Gasteiger charge is -2.30. The Morgan fingerprint density at radius 1 is 1.29 bits per heavy atom. The Labute approximate surface area is 127 Å². The van der Waals surface area contributed by atoms with Crippen LogP contribution in [0.1, 0.15) is 39.5 Å². The summed E-state index contributed by atoms with van der Waals surface area (Å²) in [5.74, 6) is 0. The maximum Gasteiger partial charge on any atom is 0.240 e. The van der Waals surface area contributed by atoms with Crippen molar-refractivity contribution < 1.29 is 8.42 Å². The molecule has 0 radical (unpaired) electrons. The SMILES string of the molecule is CCC(C)(CCN)Nc1ccc(S(=O)(=O)NC2CC2)cc1. The number of benzene rings is 1. The molecule has 1 aliphatic carbocycles. The fraction of sp³-hybridized carbons (Fsp3) is 0.600. The van der Waals surface area contributed by atoms with Gasteiger partial charge in [-0.3, -0.25) is 0 Å². The molecule has 0 amide bonds. The number of nitrogens with one attached hydrogen (secondary N) is 2. The van der Waals surface area contributed by atoms with Crippen molar-refractivity contribution in [3.8, 4) is 0 Å². The number of hydrogen-bond donors (Lipinski definition) is 3. The van der Waals surface area contributed by atoms with E-state index in [9.17, 15) is 8.42 Å². The summed E-state index contributed by atoms with van der Waals surface area (Å²) in [5, 5.41) is 3.44. The smallest absolute Gasteiger partial charge is 0.240 e. The van der Waals surface area contributed by atoms with Gasteiger partial charge in [0.05, 0.1) is 4.90 Å². The van der Waals surface area contributed by atoms with Crippen molar-refractivity contribution in [3.63, 3.8) is 0 Å². The number of sulfonamides is 1. The van der Waals surface area contributed by atoms with Gasteiger partial charge in [-0.25, -0.2) is 13.1 Å². The normalized spacial score (nSPS) is 18.2. The minimum Gasteiger partial charge on any atom is -0.380 e. The van der Waals surface area contributed by atoms with Crippen molar-refractivity contribution in [2.45, 2.75) is 56.0 Å². The van der Waals surface area contributed by atoms with Crippen LogP contribution in [0.25, 0.3) is 0 Å². The Morgan fingerprint density at radius 3 is 2.38 bits per heavy atom. The Kier molecular flexibility index (Phi) is 4.91. The van der Waals surface area contributed by atoms with Gasteiger partial charge in [-0.1, -0.05) is 6.92 Å². The van der Waals surface area contributed by atoms with E-state index < -0.39 is 10.0 Å². The van der Waals surface area contributed by atoms with E-state index in [0.29, 0.717) is 11.4 Å². The van der Waals surface area contributed by atoms with E-state index in [1.165, 1.54) is 0 Å². The Morgan fingerprint density at radius 2 is 1.90 bits per heavy atom. The first-order valence-electron chi connectivity index (χ1n) is 7.49. The molecule has 4 N–H and O–H groups in total. The Bertz CT molecular complexity index is 567. The van der Waals surface area contributed by atoms with E-state index in [1.54, 1.807) is 12.1 Å². The fourth-order valence-electron chi connectivity index (χ4n) is 2.20. The molecule has 0 saturated heterocycles. The van der Waals surface area contributed by atoms with Gasteiger partial charge in [-0.15, -0.1) is 0 Å². The van der Waals surface area contributed by atoms with Crippen LogP contribution in [-0.2, 0) is 10.0 Å². The zero-order chi connectivity index (χ0) is 15.5. The second-order valence-corrected chi connectivity index (χ2v) is 7.71. The molecule has 1 fully saturated rings. The molecule has 118 valence electrons. The van der Waals surface area contributed by atoms with Gasteiger partial charge < -0.3 is 11.1 Å². The van der Waals surface area contributed by atoms with Gasteiger partial charge in [0.2, 0.25) is 10.0 Å². The lowest BCUT2D eigenvalue weighted by molar-refractivity contribution is 0.463.